The lowest BCUT2D eigenvalue weighted by Crippen LogP contribution is -2.01. The number of rotatable bonds is 3. The lowest BCUT2D eigenvalue weighted by atomic mass is 10.5. The van der Waals surface area contributed by atoms with Crippen LogP contribution in [0.25, 0.3) is 5.65 Å². The molecule has 0 saturated carbocycles. The number of anilines is 1. The molecule has 6 nitrogen and oxygen atoms in total. The number of carbonyl (C=O) groups is 1. The van der Waals surface area contributed by atoms with Crippen LogP contribution in [0.3, 0.4) is 0 Å². The van der Waals surface area contributed by atoms with Gasteiger partial charge in [0.2, 0.25) is 12.3 Å². The van der Waals surface area contributed by atoms with Gasteiger partial charge in [0.15, 0.2) is 11.5 Å². The number of nitrogens with one attached hydrogen (secondary N) is 1. The van der Waals surface area contributed by atoms with Crippen molar-refractivity contribution < 1.29 is 9.53 Å². The van der Waals surface area contributed by atoms with E-state index in [9.17, 15) is 4.79 Å². The fourth-order valence-corrected chi connectivity index (χ4v) is 1.12. The number of amides is 1. The third-order valence-corrected chi connectivity index (χ3v) is 1.75. The molecule has 72 valence electrons. The number of methoxy groups -OCH3 is 1. The van der Waals surface area contributed by atoms with Crippen molar-refractivity contribution in [1.29, 1.82) is 0 Å². The summed E-state index contributed by atoms with van der Waals surface area (Å²) in [5.41, 5.74) is 0.648. The first-order valence-corrected chi connectivity index (χ1v) is 3.94. The van der Waals surface area contributed by atoms with Gasteiger partial charge in [-0.25, -0.2) is 4.98 Å². The van der Waals surface area contributed by atoms with Gasteiger partial charge in [-0.1, -0.05) is 0 Å². The molecular formula is C8H8N4O2. The molecule has 1 amide bonds. The summed E-state index contributed by atoms with van der Waals surface area (Å²) < 4.78 is 6.44. The summed E-state index contributed by atoms with van der Waals surface area (Å²) in [6.45, 7) is 0. The summed E-state index contributed by atoms with van der Waals surface area (Å²) in [6, 6.07) is 3.45. The van der Waals surface area contributed by atoms with Gasteiger partial charge in [0.05, 0.1) is 13.3 Å². The van der Waals surface area contributed by atoms with Crippen LogP contribution >= 0.6 is 0 Å². The minimum absolute atomic E-state index is 0.462. The van der Waals surface area contributed by atoms with Gasteiger partial charge in [-0.3, -0.25) is 4.79 Å². The quantitative estimate of drug-likeness (QED) is 0.710. The summed E-state index contributed by atoms with van der Waals surface area (Å²) in [5, 5.41) is 6.57. The molecule has 0 aliphatic rings. The Bertz CT molecular complexity index is 465. The first-order valence-electron chi connectivity index (χ1n) is 3.94. The summed E-state index contributed by atoms with van der Waals surface area (Å²) in [7, 11) is 1.53. The SMILES string of the molecule is COc1ccc2ncc(NC=O)n2n1. The molecule has 1 N–H and O–H groups in total. The third-order valence-electron chi connectivity index (χ3n) is 1.75. The van der Waals surface area contributed by atoms with E-state index in [1.807, 2.05) is 0 Å². The third kappa shape index (κ3) is 1.26. The lowest BCUT2D eigenvalue weighted by molar-refractivity contribution is -0.105. The lowest BCUT2D eigenvalue weighted by Gasteiger charge is -2.00. The molecule has 2 aromatic rings. The maximum absolute atomic E-state index is 10.3. The molecule has 0 unspecified atom stereocenters. The molecule has 0 atom stereocenters. The fraction of sp³-hybridized carbons (Fsp3) is 0.125. The van der Waals surface area contributed by atoms with Gasteiger partial charge < -0.3 is 10.1 Å². The topological polar surface area (TPSA) is 68.5 Å². The number of carbonyl (C=O) groups excluding carboxylic acids is 1. The predicted octanol–water partition coefficient (Wildman–Crippen LogP) is 0.306. The van der Waals surface area contributed by atoms with E-state index < -0.39 is 0 Å². The van der Waals surface area contributed by atoms with Crippen LogP contribution in [0, 0.1) is 0 Å². The van der Waals surface area contributed by atoms with Gasteiger partial charge in [-0.15, -0.1) is 5.10 Å². The van der Waals surface area contributed by atoms with Crippen LogP contribution in [0.2, 0.25) is 0 Å². The summed E-state index contributed by atoms with van der Waals surface area (Å²) in [4.78, 5) is 14.3. The van der Waals surface area contributed by atoms with E-state index in [0.29, 0.717) is 23.8 Å². The molecule has 2 rings (SSSR count). The second kappa shape index (κ2) is 3.33. The maximum Gasteiger partial charge on any atom is 0.231 e. The standard InChI is InChI=1S/C8H8N4O2/c1-14-8-3-2-6-9-4-7(10-5-13)12(6)11-8/h2-5H,1H3,(H,10,13). The van der Waals surface area contributed by atoms with E-state index in [2.05, 4.69) is 15.4 Å². The van der Waals surface area contributed by atoms with Gasteiger partial charge in [-0.05, 0) is 6.07 Å². The van der Waals surface area contributed by atoms with Crippen molar-refractivity contribution in [3.05, 3.63) is 18.3 Å². The molecule has 0 aromatic carbocycles. The second-order valence-corrected chi connectivity index (χ2v) is 2.55. The average molecular weight is 192 g/mol. The van der Waals surface area contributed by atoms with Crippen LogP contribution in [0.1, 0.15) is 0 Å². The minimum Gasteiger partial charge on any atom is -0.480 e. The number of nitrogens with zero attached hydrogens (tertiary/aromatic N) is 3. The van der Waals surface area contributed by atoms with Gasteiger partial charge in [0.1, 0.15) is 0 Å². The molecule has 0 radical (unpaired) electrons. The van der Waals surface area contributed by atoms with E-state index in [1.54, 1.807) is 12.1 Å². The van der Waals surface area contributed by atoms with Crippen LogP contribution in [0.4, 0.5) is 5.82 Å². The van der Waals surface area contributed by atoms with Crippen molar-refractivity contribution in [2.24, 2.45) is 0 Å². The van der Waals surface area contributed by atoms with Crippen molar-refractivity contribution in [2.45, 2.75) is 0 Å². The van der Waals surface area contributed by atoms with E-state index in [4.69, 9.17) is 4.74 Å². The summed E-state index contributed by atoms with van der Waals surface area (Å²) in [6.07, 6.45) is 2.10. The van der Waals surface area contributed by atoms with Crippen LogP contribution in [-0.2, 0) is 4.79 Å². The Morgan fingerprint density at radius 1 is 1.57 bits per heavy atom. The number of fused-ring (bicyclic) bond motifs is 1. The Morgan fingerprint density at radius 2 is 2.43 bits per heavy atom. The molecule has 6 heteroatoms. The van der Waals surface area contributed by atoms with Crippen molar-refractivity contribution in [1.82, 2.24) is 14.6 Å². The summed E-state index contributed by atoms with van der Waals surface area (Å²) in [5.74, 6) is 0.971. The Kier molecular flexibility index (Phi) is 2.02. The molecule has 0 bridgehead atoms. The molecular weight excluding hydrogens is 184 g/mol. The van der Waals surface area contributed by atoms with Crippen LogP contribution < -0.4 is 10.1 Å². The van der Waals surface area contributed by atoms with Gasteiger partial charge in [0, 0.05) is 6.07 Å². The fourth-order valence-electron chi connectivity index (χ4n) is 1.12. The highest BCUT2D eigenvalue weighted by Crippen LogP contribution is 2.12. The van der Waals surface area contributed by atoms with E-state index in [1.165, 1.54) is 17.8 Å². The van der Waals surface area contributed by atoms with Gasteiger partial charge in [-0.2, -0.15) is 4.52 Å². The van der Waals surface area contributed by atoms with Crippen LogP contribution in [0.5, 0.6) is 5.88 Å². The molecule has 0 aliphatic heterocycles. The zero-order valence-electron chi connectivity index (χ0n) is 7.47. The van der Waals surface area contributed by atoms with Crippen molar-refractivity contribution in [2.75, 3.05) is 12.4 Å². The molecule has 2 aromatic heterocycles. The molecule has 0 aliphatic carbocycles. The van der Waals surface area contributed by atoms with E-state index in [-0.39, 0.29) is 0 Å². The monoisotopic (exact) mass is 192 g/mol. The maximum atomic E-state index is 10.3. The minimum atomic E-state index is 0.462. The largest absolute Gasteiger partial charge is 0.480 e. The van der Waals surface area contributed by atoms with E-state index in [0.717, 1.165) is 0 Å². The number of aromatic nitrogens is 3. The first kappa shape index (κ1) is 8.49. The number of imidazole rings is 1. The first-order chi connectivity index (χ1) is 6.85. The highest BCUT2D eigenvalue weighted by atomic mass is 16.5. The van der Waals surface area contributed by atoms with E-state index >= 15 is 0 Å². The normalized spacial score (nSPS) is 10.1. The predicted molar refractivity (Wildman–Crippen MR) is 49.2 cm³/mol. The second-order valence-electron chi connectivity index (χ2n) is 2.55. The van der Waals surface area contributed by atoms with Crippen LogP contribution in [0.15, 0.2) is 18.3 Å². The van der Waals surface area contributed by atoms with Crippen LogP contribution in [-0.4, -0.2) is 28.1 Å². The Balaban J connectivity index is 2.57. The Morgan fingerprint density at radius 3 is 3.14 bits per heavy atom. The van der Waals surface area contributed by atoms with Crippen molar-refractivity contribution >= 4 is 17.9 Å². The van der Waals surface area contributed by atoms with Gasteiger partial charge >= 0.3 is 0 Å². The zero-order valence-corrected chi connectivity index (χ0v) is 7.47. The summed E-state index contributed by atoms with van der Waals surface area (Å²) >= 11 is 0. The molecule has 0 fully saturated rings. The Hall–Kier alpha value is -2.11. The molecule has 0 saturated heterocycles. The highest BCUT2D eigenvalue weighted by molar-refractivity contribution is 5.70. The van der Waals surface area contributed by atoms with Crippen molar-refractivity contribution in [3.63, 3.8) is 0 Å². The van der Waals surface area contributed by atoms with Gasteiger partial charge in [0.25, 0.3) is 0 Å². The zero-order chi connectivity index (χ0) is 9.97. The smallest absolute Gasteiger partial charge is 0.231 e. The number of hydrogen-bond acceptors (Lipinski definition) is 4. The molecule has 0 spiro atoms. The molecule has 2 heterocycles. The highest BCUT2D eigenvalue weighted by Gasteiger charge is 2.04. The average Bonchev–Trinajstić information content (AvgIpc) is 2.61. The van der Waals surface area contributed by atoms with Crippen molar-refractivity contribution in [3.8, 4) is 5.88 Å². The molecule has 14 heavy (non-hydrogen) atoms. The number of ether oxygens (including phenoxy) is 1. The Labute approximate surface area is 79.5 Å². The number of hydrogen-bond donors (Lipinski definition) is 1.